The molecule has 0 fully saturated rings. The first-order valence-electron chi connectivity index (χ1n) is 33.6. The Kier molecular flexibility index (Phi) is 14.3. The number of benzene rings is 15. The lowest BCUT2D eigenvalue weighted by molar-refractivity contribution is 1.22. The van der Waals surface area contributed by atoms with Crippen LogP contribution >= 0.6 is 23.5 Å². The molecule has 4 aliphatic rings. The van der Waals surface area contributed by atoms with E-state index in [0.29, 0.717) is 0 Å². The molecule has 0 N–H and O–H groups in total. The number of hydrogen-bond donors (Lipinski definition) is 0. The number of fused-ring (bicyclic) bond motifs is 8. The molecule has 0 amide bonds. The fourth-order valence-corrected chi connectivity index (χ4v) is 18.2. The summed E-state index contributed by atoms with van der Waals surface area (Å²) in [5, 5.41) is 0. The first-order chi connectivity index (χ1) is 48.7. The van der Waals surface area contributed by atoms with Gasteiger partial charge >= 0.3 is 0 Å². The van der Waals surface area contributed by atoms with Crippen molar-refractivity contribution in [2.75, 3.05) is 19.6 Å². The predicted molar refractivity (Wildman–Crippen MR) is 417 cm³/mol. The van der Waals surface area contributed by atoms with E-state index in [4.69, 9.17) is 0 Å². The van der Waals surface area contributed by atoms with Crippen molar-refractivity contribution < 1.29 is 0 Å². The molecule has 4 nitrogen and oxygen atoms in total. The van der Waals surface area contributed by atoms with Crippen molar-refractivity contribution in [3.8, 4) is 44.5 Å². The second kappa shape index (κ2) is 24.2. The molecule has 15 aromatic rings. The molecule has 458 valence electrons. The Hall–Kier alpha value is -11.7. The highest BCUT2D eigenvalue weighted by Crippen LogP contribution is 2.53. The summed E-state index contributed by atoms with van der Waals surface area (Å²) < 4.78 is 0. The molecule has 98 heavy (non-hydrogen) atoms. The third kappa shape index (κ3) is 9.65. The molecule has 0 unspecified atom stereocenters. The zero-order valence-corrected chi connectivity index (χ0v) is 55.0. The maximum atomic E-state index is 2.66. The largest absolute Gasteiger partial charge is 0.311 e. The van der Waals surface area contributed by atoms with Gasteiger partial charge in [0.2, 0.25) is 13.4 Å². The third-order valence-corrected chi connectivity index (χ3v) is 22.2. The summed E-state index contributed by atoms with van der Waals surface area (Å²) in [6, 6.07) is 135. The number of para-hydroxylation sites is 7. The van der Waals surface area contributed by atoms with E-state index < -0.39 is 0 Å². The molecule has 0 spiro atoms. The summed E-state index contributed by atoms with van der Waals surface area (Å²) in [7, 11) is 0. The highest BCUT2D eigenvalue weighted by Gasteiger charge is 2.47. The number of rotatable bonds is 12. The van der Waals surface area contributed by atoms with Crippen LogP contribution in [-0.2, 0) is 0 Å². The smallest absolute Gasteiger partial charge is 0.249 e. The molecular formula is C90H60B2N4S2. The summed E-state index contributed by atoms with van der Waals surface area (Å²) >= 11 is 3.82. The van der Waals surface area contributed by atoms with E-state index in [1.807, 2.05) is 23.5 Å². The van der Waals surface area contributed by atoms with Gasteiger partial charge in [-0.15, -0.1) is 0 Å². The Morgan fingerprint density at radius 3 is 1.06 bits per heavy atom. The molecule has 0 aliphatic carbocycles. The van der Waals surface area contributed by atoms with Crippen molar-refractivity contribution in [2.45, 2.75) is 19.6 Å². The lowest BCUT2D eigenvalue weighted by Crippen LogP contribution is -2.64. The van der Waals surface area contributed by atoms with Crippen LogP contribution in [0.1, 0.15) is 0 Å². The van der Waals surface area contributed by atoms with Crippen LogP contribution in [0, 0.1) is 0 Å². The lowest BCUT2D eigenvalue weighted by atomic mass is 9.31. The Balaban J connectivity index is 0.890. The monoisotopic (exact) mass is 1280 g/mol. The molecule has 15 aromatic carbocycles. The molecule has 0 radical (unpaired) electrons. The quantitative estimate of drug-likeness (QED) is 0.112. The summed E-state index contributed by atoms with van der Waals surface area (Å²) in [5.74, 6) is 0. The normalized spacial score (nSPS) is 12.7. The zero-order valence-electron chi connectivity index (χ0n) is 53.4. The maximum Gasteiger partial charge on any atom is 0.249 e. The summed E-state index contributed by atoms with van der Waals surface area (Å²) in [4.78, 5) is 15.2. The van der Waals surface area contributed by atoms with Gasteiger partial charge in [-0.05, 0) is 135 Å². The van der Waals surface area contributed by atoms with Gasteiger partial charge < -0.3 is 19.6 Å². The van der Waals surface area contributed by atoms with Crippen molar-refractivity contribution in [1.82, 2.24) is 0 Å². The fraction of sp³-hybridized carbons (Fsp3) is 0. The average molecular weight is 1280 g/mol. The first kappa shape index (κ1) is 57.7. The summed E-state index contributed by atoms with van der Waals surface area (Å²) in [6.07, 6.45) is 0. The highest BCUT2D eigenvalue weighted by molar-refractivity contribution is 8.00. The van der Waals surface area contributed by atoms with Gasteiger partial charge in [0.15, 0.2) is 0 Å². The van der Waals surface area contributed by atoms with E-state index in [1.54, 1.807) is 0 Å². The third-order valence-electron chi connectivity index (χ3n) is 19.9. The van der Waals surface area contributed by atoms with Crippen LogP contribution in [-0.4, -0.2) is 13.4 Å². The standard InChI is InChI=1S/C90H60B2N4S2/c1-7-31-61(32-8-1)69-43-19-25-49-77(69)93(65-39-15-5-16-40-65)67-55-83-89-88(58-67)98-86-60-82-75(59-76(86)91(89)73-47-23-29-53-81(73)95(83)79-51-27-21-45-71(79)63-35-11-3-12-36-63)92-74-48-24-30-54-85(74)97-87-57-68(56-84(90(87)92)96(82)80-52-28-22-46-72(80)64-37-13-4-14-38-64)94(66-41-17-6-18-42-66)78-50-26-20-44-70(78)62-33-9-2-10-34-62/h1-60H. The second-order valence-corrected chi connectivity index (χ2v) is 27.6. The predicted octanol–water partition coefficient (Wildman–Crippen LogP) is 20.8. The average Bonchev–Trinajstić information content (AvgIpc) is 0.694. The number of hydrogen-bond acceptors (Lipinski definition) is 6. The van der Waals surface area contributed by atoms with Gasteiger partial charge in [0.05, 0.1) is 22.7 Å². The van der Waals surface area contributed by atoms with Crippen LogP contribution in [0.5, 0.6) is 0 Å². The van der Waals surface area contributed by atoms with E-state index in [0.717, 1.165) is 95.9 Å². The van der Waals surface area contributed by atoms with Gasteiger partial charge in [-0.3, -0.25) is 0 Å². The minimum absolute atomic E-state index is 0.0980. The van der Waals surface area contributed by atoms with E-state index in [1.165, 1.54) is 69.2 Å². The molecule has 19 rings (SSSR count). The second-order valence-electron chi connectivity index (χ2n) is 25.4. The van der Waals surface area contributed by atoms with Crippen LogP contribution < -0.4 is 52.4 Å². The molecule has 0 atom stereocenters. The van der Waals surface area contributed by atoms with Crippen molar-refractivity contribution in [2.24, 2.45) is 0 Å². The lowest BCUT2D eigenvalue weighted by Gasteiger charge is -2.44. The van der Waals surface area contributed by atoms with E-state index in [-0.39, 0.29) is 13.4 Å². The first-order valence-corrected chi connectivity index (χ1v) is 35.3. The minimum Gasteiger partial charge on any atom is -0.311 e. The molecule has 4 aliphatic heterocycles. The van der Waals surface area contributed by atoms with Crippen LogP contribution in [0.4, 0.5) is 68.2 Å². The van der Waals surface area contributed by atoms with Crippen LogP contribution in [0.2, 0.25) is 0 Å². The minimum atomic E-state index is -0.126. The Labute approximate surface area is 581 Å². The molecule has 0 saturated carbocycles. The Morgan fingerprint density at radius 2 is 0.571 bits per heavy atom. The van der Waals surface area contributed by atoms with E-state index in [9.17, 15) is 0 Å². The van der Waals surface area contributed by atoms with E-state index in [2.05, 4.69) is 384 Å². The van der Waals surface area contributed by atoms with E-state index >= 15 is 0 Å². The van der Waals surface area contributed by atoms with Gasteiger partial charge in [-0.25, -0.2) is 0 Å². The summed E-state index contributed by atoms with van der Waals surface area (Å²) in [5.41, 5.74) is 30.5. The maximum absolute atomic E-state index is 2.66. The van der Waals surface area contributed by atoms with Gasteiger partial charge in [-0.1, -0.05) is 307 Å². The van der Waals surface area contributed by atoms with Gasteiger partial charge in [0.1, 0.15) is 0 Å². The zero-order chi connectivity index (χ0) is 64.6. The summed E-state index contributed by atoms with van der Waals surface area (Å²) in [6.45, 7) is -0.224. The Bertz CT molecular complexity index is 5570. The Morgan fingerprint density at radius 1 is 0.214 bits per heavy atom. The molecular weight excluding hydrogens is 1220 g/mol. The molecule has 4 heterocycles. The highest BCUT2D eigenvalue weighted by atomic mass is 32.2. The van der Waals surface area contributed by atoms with Crippen molar-refractivity contribution in [3.05, 3.63) is 364 Å². The molecule has 0 bridgehead atoms. The van der Waals surface area contributed by atoms with Gasteiger partial charge in [0.25, 0.3) is 0 Å². The number of nitrogens with zero attached hydrogens (tertiary/aromatic N) is 4. The van der Waals surface area contributed by atoms with Crippen molar-refractivity contribution in [1.29, 1.82) is 0 Å². The van der Waals surface area contributed by atoms with Gasteiger partial charge in [-0.2, -0.15) is 0 Å². The molecule has 0 saturated heterocycles. The van der Waals surface area contributed by atoms with Crippen molar-refractivity contribution >= 4 is 138 Å². The number of anilines is 12. The topological polar surface area (TPSA) is 13.0 Å². The SMILES string of the molecule is c1ccc(-c2ccccc2N(c2ccccc2)c2cc3c4c(c2)N(c2ccccc2-c2ccccc2)c2ccccc2B4c2cc4c(cc2S3)N(c2ccccc2-c2ccccc2)c2cc(N(c3ccccc3)c3ccccc3-c3ccccc3)cc3c2B4c2ccccc2S3)cc1. The van der Waals surface area contributed by atoms with Crippen LogP contribution in [0.15, 0.2) is 384 Å². The van der Waals surface area contributed by atoms with Gasteiger partial charge in [0, 0.05) is 87.3 Å². The van der Waals surface area contributed by atoms with Crippen molar-refractivity contribution in [3.63, 3.8) is 0 Å². The van der Waals surface area contributed by atoms with Crippen LogP contribution in [0.25, 0.3) is 44.5 Å². The fourth-order valence-electron chi connectivity index (χ4n) is 15.8. The molecule has 8 heteroatoms. The van der Waals surface area contributed by atoms with Crippen LogP contribution in [0.3, 0.4) is 0 Å². The molecule has 0 aromatic heterocycles.